The van der Waals surface area contributed by atoms with Crippen molar-refractivity contribution >= 4 is 5.97 Å². The van der Waals surface area contributed by atoms with Gasteiger partial charge in [0.05, 0.1) is 7.11 Å². The van der Waals surface area contributed by atoms with Crippen molar-refractivity contribution in [1.82, 2.24) is 0 Å². The highest BCUT2D eigenvalue weighted by molar-refractivity contribution is 5.83. The second kappa shape index (κ2) is 8.79. The largest absolute Gasteiger partial charge is 0.467 e. The van der Waals surface area contributed by atoms with E-state index in [1.165, 1.54) is 7.11 Å². The number of rotatable bonds is 9. The Bertz CT molecular complexity index is 468. The van der Waals surface area contributed by atoms with Gasteiger partial charge in [0, 0.05) is 6.61 Å². The van der Waals surface area contributed by atoms with E-state index in [2.05, 4.69) is 13.5 Å². The van der Waals surface area contributed by atoms with Crippen molar-refractivity contribution < 1.29 is 24.1 Å². The summed E-state index contributed by atoms with van der Waals surface area (Å²) in [6, 6.07) is 0. The second-order valence-electron chi connectivity index (χ2n) is 6.89. The maximum absolute atomic E-state index is 12.6. The topological polar surface area (TPSA) is 65.0 Å². The van der Waals surface area contributed by atoms with Gasteiger partial charge in [0.2, 0.25) is 5.60 Å². The third-order valence-corrected chi connectivity index (χ3v) is 4.37. The van der Waals surface area contributed by atoms with Crippen LogP contribution in [0.15, 0.2) is 24.3 Å². The van der Waals surface area contributed by atoms with Crippen LogP contribution in [0.2, 0.25) is 0 Å². The van der Waals surface area contributed by atoms with Gasteiger partial charge in [0.15, 0.2) is 5.79 Å². The highest BCUT2D eigenvalue weighted by Crippen LogP contribution is 2.42. The Labute approximate surface area is 145 Å². The monoisotopic (exact) mass is 340 g/mol. The molecule has 0 aromatic carbocycles. The maximum Gasteiger partial charge on any atom is 0.345 e. The summed E-state index contributed by atoms with van der Waals surface area (Å²) in [5.74, 6) is -1.18. The first-order chi connectivity index (χ1) is 11.2. The number of aliphatic hydroxyl groups excluding tert-OH is 1. The van der Waals surface area contributed by atoms with Crippen LogP contribution in [0.3, 0.4) is 0 Å². The van der Waals surface area contributed by atoms with Gasteiger partial charge < -0.3 is 19.3 Å². The van der Waals surface area contributed by atoms with Crippen molar-refractivity contribution in [2.75, 3.05) is 13.7 Å². The quantitative estimate of drug-likeness (QED) is 0.515. The smallest absolute Gasteiger partial charge is 0.345 e. The van der Waals surface area contributed by atoms with E-state index >= 15 is 0 Å². The van der Waals surface area contributed by atoms with Gasteiger partial charge in [-0.25, -0.2) is 4.79 Å². The lowest BCUT2D eigenvalue weighted by Gasteiger charge is -2.30. The standard InChI is InChI=1S/C19H32O5/c1-7-15(3)16-19(17(21)22-6,24-18(4,5)23-16)12-8-10-14(2)11-9-13-20/h8,12,15-16,20H,2,7,9-11,13H2,1,3-6H3/b12-8+/t15-,16+,19-/m0/s1. The molecule has 0 spiro atoms. The molecule has 0 radical (unpaired) electrons. The molecule has 5 heteroatoms. The van der Waals surface area contributed by atoms with Gasteiger partial charge in [-0.1, -0.05) is 38.5 Å². The molecule has 0 unspecified atom stereocenters. The molecular formula is C19H32O5. The molecule has 1 N–H and O–H groups in total. The number of carbonyl (C=O) groups is 1. The Morgan fingerprint density at radius 2 is 2.12 bits per heavy atom. The number of ether oxygens (including phenoxy) is 3. The zero-order valence-corrected chi connectivity index (χ0v) is 15.6. The molecule has 3 atom stereocenters. The van der Waals surface area contributed by atoms with Crippen LogP contribution in [0.25, 0.3) is 0 Å². The van der Waals surface area contributed by atoms with Crippen LogP contribution in [0, 0.1) is 5.92 Å². The molecule has 24 heavy (non-hydrogen) atoms. The molecule has 1 aliphatic heterocycles. The van der Waals surface area contributed by atoms with Crippen LogP contribution in [0.5, 0.6) is 0 Å². The van der Waals surface area contributed by atoms with Crippen LogP contribution in [0.4, 0.5) is 0 Å². The van der Waals surface area contributed by atoms with Gasteiger partial charge in [-0.05, 0) is 45.1 Å². The number of esters is 1. The van der Waals surface area contributed by atoms with Crippen molar-refractivity contribution in [3.05, 3.63) is 24.3 Å². The molecule has 1 saturated heterocycles. The summed E-state index contributed by atoms with van der Waals surface area (Å²) in [6.45, 7) is 11.9. The summed E-state index contributed by atoms with van der Waals surface area (Å²) in [4.78, 5) is 12.6. The van der Waals surface area contributed by atoms with Crippen molar-refractivity contribution in [2.24, 2.45) is 5.92 Å². The third kappa shape index (κ3) is 4.91. The van der Waals surface area contributed by atoms with Gasteiger partial charge in [-0.2, -0.15) is 0 Å². The summed E-state index contributed by atoms with van der Waals surface area (Å²) in [5.41, 5.74) is -0.246. The number of methoxy groups -OCH3 is 1. The molecule has 1 aliphatic rings. The van der Waals surface area contributed by atoms with Gasteiger partial charge in [-0.15, -0.1) is 0 Å². The first kappa shape index (κ1) is 20.9. The summed E-state index contributed by atoms with van der Waals surface area (Å²) in [7, 11) is 1.36. The first-order valence-electron chi connectivity index (χ1n) is 8.64. The maximum atomic E-state index is 12.6. The van der Waals surface area contributed by atoms with Crippen molar-refractivity contribution in [1.29, 1.82) is 0 Å². The van der Waals surface area contributed by atoms with Gasteiger partial charge in [-0.3, -0.25) is 0 Å². The molecule has 0 aromatic heterocycles. The Kier molecular flexibility index (Phi) is 7.64. The molecule has 0 saturated carbocycles. The Hall–Kier alpha value is -1.17. The van der Waals surface area contributed by atoms with E-state index in [0.29, 0.717) is 12.8 Å². The summed E-state index contributed by atoms with van der Waals surface area (Å²) in [5, 5.41) is 8.88. The number of allylic oxidation sites excluding steroid dienone is 2. The summed E-state index contributed by atoms with van der Waals surface area (Å²) in [6.07, 6.45) is 6.16. The van der Waals surface area contributed by atoms with Crippen LogP contribution < -0.4 is 0 Å². The zero-order valence-electron chi connectivity index (χ0n) is 15.6. The van der Waals surface area contributed by atoms with Crippen molar-refractivity contribution in [2.45, 2.75) is 70.9 Å². The average molecular weight is 340 g/mol. The lowest BCUT2D eigenvalue weighted by atomic mass is 9.85. The van der Waals surface area contributed by atoms with E-state index in [4.69, 9.17) is 19.3 Å². The number of aliphatic hydroxyl groups is 1. The molecule has 0 bridgehead atoms. The van der Waals surface area contributed by atoms with E-state index < -0.39 is 23.5 Å². The highest BCUT2D eigenvalue weighted by atomic mass is 16.8. The molecular weight excluding hydrogens is 308 g/mol. The molecule has 1 heterocycles. The highest BCUT2D eigenvalue weighted by Gasteiger charge is 2.59. The molecule has 0 amide bonds. The predicted molar refractivity (Wildman–Crippen MR) is 93.5 cm³/mol. The minimum atomic E-state index is -1.25. The Morgan fingerprint density at radius 1 is 1.46 bits per heavy atom. The van der Waals surface area contributed by atoms with Gasteiger partial charge in [0.1, 0.15) is 6.10 Å². The number of hydrogen-bond acceptors (Lipinski definition) is 5. The van der Waals surface area contributed by atoms with E-state index in [9.17, 15) is 4.79 Å². The molecule has 0 aliphatic carbocycles. The minimum Gasteiger partial charge on any atom is -0.467 e. The lowest BCUT2D eigenvalue weighted by molar-refractivity contribution is -0.179. The fourth-order valence-corrected chi connectivity index (χ4v) is 2.98. The Balaban J connectivity index is 3.04. The summed E-state index contributed by atoms with van der Waals surface area (Å²) >= 11 is 0. The molecule has 1 rings (SSSR count). The lowest BCUT2D eigenvalue weighted by Crippen LogP contribution is -2.49. The normalized spacial score (nSPS) is 27.3. The molecule has 0 aromatic rings. The summed E-state index contributed by atoms with van der Waals surface area (Å²) < 4.78 is 17.1. The number of carbonyl (C=O) groups excluding carboxylic acids is 1. The third-order valence-electron chi connectivity index (χ3n) is 4.37. The van der Waals surface area contributed by atoms with Crippen molar-refractivity contribution in [3.63, 3.8) is 0 Å². The molecule has 5 nitrogen and oxygen atoms in total. The first-order valence-corrected chi connectivity index (χ1v) is 8.64. The van der Waals surface area contributed by atoms with E-state index in [0.717, 1.165) is 18.4 Å². The molecule has 138 valence electrons. The van der Waals surface area contributed by atoms with Gasteiger partial charge >= 0.3 is 5.97 Å². The zero-order chi connectivity index (χ0) is 18.4. The SMILES string of the molecule is C=C(C/C=C/[C@]1(C(=O)OC)OC(C)(C)O[C@@H]1[C@@H](C)CC)CCCO. The van der Waals surface area contributed by atoms with Crippen LogP contribution in [-0.2, 0) is 19.0 Å². The average Bonchev–Trinajstić information content (AvgIpc) is 2.83. The van der Waals surface area contributed by atoms with Gasteiger partial charge in [0.25, 0.3) is 0 Å². The minimum absolute atomic E-state index is 0.133. The fourth-order valence-electron chi connectivity index (χ4n) is 2.98. The van der Waals surface area contributed by atoms with E-state index in [1.807, 2.05) is 13.0 Å². The molecule has 1 fully saturated rings. The second-order valence-corrected chi connectivity index (χ2v) is 6.89. The van der Waals surface area contributed by atoms with E-state index in [-0.39, 0.29) is 12.5 Å². The fraction of sp³-hybridized carbons (Fsp3) is 0.737. The number of hydrogen-bond donors (Lipinski definition) is 1. The van der Waals surface area contributed by atoms with Crippen LogP contribution in [0.1, 0.15) is 53.4 Å². The van der Waals surface area contributed by atoms with E-state index in [1.54, 1.807) is 19.9 Å². The van der Waals surface area contributed by atoms with Crippen LogP contribution in [-0.4, -0.2) is 42.3 Å². The Morgan fingerprint density at radius 3 is 2.67 bits per heavy atom. The van der Waals surface area contributed by atoms with Crippen molar-refractivity contribution in [3.8, 4) is 0 Å². The predicted octanol–water partition coefficient (Wildman–Crippen LogP) is 3.37. The van der Waals surface area contributed by atoms with Crippen LogP contribution >= 0.6 is 0 Å².